The predicted molar refractivity (Wildman–Crippen MR) is 101 cm³/mol. The second kappa shape index (κ2) is 7.80. The molecule has 138 valence electrons. The summed E-state index contributed by atoms with van der Waals surface area (Å²) in [4.78, 5) is 17.3. The summed E-state index contributed by atoms with van der Waals surface area (Å²) in [6, 6.07) is 10.1. The molecule has 1 aliphatic carbocycles. The number of benzene rings is 1. The van der Waals surface area contributed by atoms with E-state index in [1.54, 1.807) is 0 Å². The van der Waals surface area contributed by atoms with Crippen LogP contribution in [-0.4, -0.2) is 41.9 Å². The van der Waals surface area contributed by atoms with Crippen LogP contribution in [0.15, 0.2) is 24.3 Å². The normalized spacial score (nSPS) is 26.7. The zero-order valence-electron chi connectivity index (χ0n) is 15.6. The quantitative estimate of drug-likeness (QED) is 0.835. The van der Waals surface area contributed by atoms with E-state index in [0.29, 0.717) is 11.8 Å². The van der Waals surface area contributed by atoms with E-state index in [4.69, 9.17) is 5.26 Å². The summed E-state index contributed by atoms with van der Waals surface area (Å²) in [7, 11) is 0. The van der Waals surface area contributed by atoms with Crippen LogP contribution in [0.2, 0.25) is 0 Å². The van der Waals surface area contributed by atoms with E-state index in [-0.39, 0.29) is 0 Å². The third-order valence-electron chi connectivity index (χ3n) is 6.74. The molecule has 1 saturated carbocycles. The first kappa shape index (κ1) is 17.5. The molecule has 1 aromatic carbocycles. The van der Waals surface area contributed by atoms with Gasteiger partial charge in [0.1, 0.15) is 0 Å². The Bertz CT molecular complexity index is 658. The summed E-state index contributed by atoms with van der Waals surface area (Å²) >= 11 is 0. The first-order valence-corrected chi connectivity index (χ1v) is 10.2. The first-order valence-electron chi connectivity index (χ1n) is 10.2. The van der Waals surface area contributed by atoms with Gasteiger partial charge in [-0.1, -0.05) is 18.6 Å². The molecule has 3 aliphatic rings. The molecule has 0 aromatic heterocycles. The van der Waals surface area contributed by atoms with Crippen LogP contribution in [0.5, 0.6) is 0 Å². The van der Waals surface area contributed by atoms with Crippen molar-refractivity contribution in [2.45, 2.75) is 45.1 Å². The van der Waals surface area contributed by atoms with Crippen molar-refractivity contribution in [2.24, 2.45) is 17.8 Å². The van der Waals surface area contributed by atoms with Crippen LogP contribution < -0.4 is 0 Å². The smallest absolute Gasteiger partial charge is 0.222 e. The molecule has 4 rings (SSSR count). The number of fused-ring (bicyclic) bond motifs is 1. The monoisotopic (exact) mass is 351 g/mol. The standard InChI is InChI=1S/C22H29N3O/c23-13-18-4-6-19(7-5-18)14-24-10-8-17(9-11-24)12-22(26)25-15-20-2-1-3-21(20)16-25/h4-7,17,20-21H,1-3,8-12,14-16H2. The SMILES string of the molecule is N#Cc1ccc(CN2CCC(CC(=O)N3CC4CCCC4C3)CC2)cc1. The lowest BCUT2D eigenvalue weighted by Gasteiger charge is -2.32. The zero-order valence-corrected chi connectivity index (χ0v) is 15.6. The number of nitrogens with zero attached hydrogens (tertiary/aromatic N) is 3. The molecule has 2 saturated heterocycles. The number of carbonyl (C=O) groups is 1. The molecule has 4 nitrogen and oxygen atoms in total. The minimum atomic E-state index is 0.407. The van der Waals surface area contributed by atoms with Crippen LogP contribution in [0.25, 0.3) is 0 Å². The van der Waals surface area contributed by atoms with Crippen molar-refractivity contribution in [1.29, 1.82) is 5.26 Å². The molecule has 0 spiro atoms. The molecule has 3 fully saturated rings. The minimum Gasteiger partial charge on any atom is -0.342 e. The molecule has 26 heavy (non-hydrogen) atoms. The highest BCUT2D eigenvalue weighted by molar-refractivity contribution is 5.76. The number of hydrogen-bond donors (Lipinski definition) is 0. The number of piperidine rings is 1. The molecule has 1 amide bonds. The Balaban J connectivity index is 1.21. The molecule has 0 bridgehead atoms. The van der Waals surface area contributed by atoms with Gasteiger partial charge in [-0.3, -0.25) is 9.69 Å². The highest BCUT2D eigenvalue weighted by Crippen LogP contribution is 2.38. The largest absolute Gasteiger partial charge is 0.342 e. The summed E-state index contributed by atoms with van der Waals surface area (Å²) in [5.41, 5.74) is 1.99. The van der Waals surface area contributed by atoms with E-state index < -0.39 is 0 Å². The Morgan fingerprint density at radius 1 is 1.04 bits per heavy atom. The summed E-state index contributed by atoms with van der Waals surface area (Å²) < 4.78 is 0. The average Bonchev–Trinajstić information content (AvgIpc) is 3.26. The number of rotatable bonds is 4. The van der Waals surface area contributed by atoms with Gasteiger partial charge < -0.3 is 4.90 Å². The van der Waals surface area contributed by atoms with Crippen molar-refractivity contribution in [3.63, 3.8) is 0 Å². The van der Waals surface area contributed by atoms with E-state index in [0.717, 1.165) is 69.4 Å². The van der Waals surface area contributed by atoms with Gasteiger partial charge in [-0.25, -0.2) is 0 Å². The Morgan fingerprint density at radius 2 is 1.69 bits per heavy atom. The van der Waals surface area contributed by atoms with Crippen LogP contribution in [0.1, 0.15) is 49.7 Å². The van der Waals surface area contributed by atoms with Gasteiger partial charge in [0.05, 0.1) is 11.6 Å². The fraction of sp³-hybridized carbons (Fsp3) is 0.636. The summed E-state index contributed by atoms with van der Waals surface area (Å²) in [5, 5.41) is 8.88. The molecule has 1 aromatic rings. The van der Waals surface area contributed by atoms with Crippen molar-refractivity contribution < 1.29 is 4.79 Å². The Kier molecular flexibility index (Phi) is 5.26. The van der Waals surface area contributed by atoms with E-state index >= 15 is 0 Å². The minimum absolute atomic E-state index is 0.407. The lowest BCUT2D eigenvalue weighted by molar-refractivity contribution is -0.131. The Morgan fingerprint density at radius 3 is 2.31 bits per heavy atom. The van der Waals surface area contributed by atoms with Gasteiger partial charge in [-0.05, 0) is 74.2 Å². The molecule has 2 atom stereocenters. The number of amides is 1. The van der Waals surface area contributed by atoms with Crippen LogP contribution in [0.3, 0.4) is 0 Å². The van der Waals surface area contributed by atoms with Gasteiger partial charge >= 0.3 is 0 Å². The maximum Gasteiger partial charge on any atom is 0.222 e. The molecule has 0 radical (unpaired) electrons. The van der Waals surface area contributed by atoms with Gasteiger partial charge in [0.15, 0.2) is 0 Å². The molecule has 2 unspecified atom stereocenters. The topological polar surface area (TPSA) is 47.3 Å². The number of likely N-dealkylation sites (tertiary alicyclic amines) is 2. The van der Waals surface area contributed by atoms with Crippen molar-refractivity contribution in [3.8, 4) is 6.07 Å². The number of carbonyl (C=O) groups excluding carboxylic acids is 1. The Hall–Kier alpha value is -1.86. The van der Waals surface area contributed by atoms with Crippen molar-refractivity contribution >= 4 is 5.91 Å². The van der Waals surface area contributed by atoms with E-state index in [9.17, 15) is 4.79 Å². The average molecular weight is 351 g/mol. The lowest BCUT2D eigenvalue weighted by atomic mass is 9.92. The van der Waals surface area contributed by atoms with Crippen molar-refractivity contribution in [3.05, 3.63) is 35.4 Å². The van der Waals surface area contributed by atoms with Gasteiger partial charge in [-0.15, -0.1) is 0 Å². The fourth-order valence-corrected chi connectivity index (χ4v) is 5.11. The molecule has 2 aliphatic heterocycles. The van der Waals surface area contributed by atoms with E-state index in [2.05, 4.69) is 28.0 Å². The first-order chi connectivity index (χ1) is 12.7. The van der Waals surface area contributed by atoms with Gasteiger partial charge in [0, 0.05) is 26.1 Å². The van der Waals surface area contributed by atoms with Crippen LogP contribution in [-0.2, 0) is 11.3 Å². The predicted octanol–water partition coefficient (Wildman–Crippen LogP) is 3.42. The summed E-state index contributed by atoms with van der Waals surface area (Å²) in [6.45, 7) is 5.15. The highest BCUT2D eigenvalue weighted by atomic mass is 16.2. The van der Waals surface area contributed by atoms with Gasteiger partial charge in [0.2, 0.25) is 5.91 Å². The van der Waals surface area contributed by atoms with Gasteiger partial charge in [-0.2, -0.15) is 5.26 Å². The van der Waals surface area contributed by atoms with Crippen LogP contribution in [0, 0.1) is 29.1 Å². The second-order valence-corrected chi connectivity index (χ2v) is 8.48. The maximum absolute atomic E-state index is 12.7. The fourth-order valence-electron chi connectivity index (χ4n) is 5.11. The van der Waals surface area contributed by atoms with Crippen molar-refractivity contribution in [1.82, 2.24) is 9.80 Å². The Labute approximate surface area is 156 Å². The van der Waals surface area contributed by atoms with Crippen LogP contribution >= 0.6 is 0 Å². The van der Waals surface area contributed by atoms with E-state index in [1.807, 2.05) is 12.1 Å². The van der Waals surface area contributed by atoms with Gasteiger partial charge in [0.25, 0.3) is 0 Å². The molecule has 4 heteroatoms. The van der Waals surface area contributed by atoms with Crippen molar-refractivity contribution in [2.75, 3.05) is 26.2 Å². The lowest BCUT2D eigenvalue weighted by Crippen LogP contribution is -2.36. The zero-order chi connectivity index (χ0) is 17.9. The summed E-state index contributed by atoms with van der Waals surface area (Å²) in [6.07, 6.45) is 7.05. The number of hydrogen-bond acceptors (Lipinski definition) is 3. The molecule has 2 heterocycles. The third kappa shape index (κ3) is 3.94. The third-order valence-corrected chi connectivity index (χ3v) is 6.74. The highest BCUT2D eigenvalue weighted by Gasteiger charge is 2.38. The second-order valence-electron chi connectivity index (χ2n) is 8.48. The van der Waals surface area contributed by atoms with E-state index in [1.165, 1.54) is 24.8 Å². The summed E-state index contributed by atoms with van der Waals surface area (Å²) in [5.74, 6) is 2.56. The molecular weight excluding hydrogens is 322 g/mol. The van der Waals surface area contributed by atoms with Crippen LogP contribution in [0.4, 0.5) is 0 Å². The molecule has 0 N–H and O–H groups in total. The maximum atomic E-state index is 12.7. The molecular formula is C22H29N3O. The number of nitriles is 1.